The molecular formula is C25H23BrN2O4. The normalized spacial score (nSPS) is 26.4. The van der Waals surface area contributed by atoms with E-state index in [4.69, 9.17) is 4.74 Å². The number of fused-ring (bicyclic) bond motifs is 5. The van der Waals surface area contributed by atoms with Gasteiger partial charge in [0.1, 0.15) is 5.75 Å². The third-order valence-electron chi connectivity index (χ3n) is 6.82. The van der Waals surface area contributed by atoms with E-state index < -0.39 is 6.04 Å². The molecule has 6 nitrogen and oxygen atoms in total. The molecule has 0 aromatic heterocycles. The summed E-state index contributed by atoms with van der Waals surface area (Å²) >= 11 is 3.43. The topological polar surface area (TPSA) is 75.7 Å². The van der Waals surface area contributed by atoms with Crippen LogP contribution in [0.5, 0.6) is 5.75 Å². The maximum Gasteiger partial charge on any atom is 0.234 e. The first kappa shape index (κ1) is 20.9. The highest BCUT2D eigenvalue weighted by Crippen LogP contribution is 2.54. The van der Waals surface area contributed by atoms with Gasteiger partial charge >= 0.3 is 0 Å². The molecule has 2 aromatic carbocycles. The van der Waals surface area contributed by atoms with Crippen molar-refractivity contribution in [3.05, 3.63) is 70.7 Å². The predicted octanol–water partition coefficient (Wildman–Crippen LogP) is 4.33. The van der Waals surface area contributed by atoms with Crippen molar-refractivity contribution >= 4 is 39.3 Å². The molecule has 1 saturated carbocycles. The summed E-state index contributed by atoms with van der Waals surface area (Å²) < 4.78 is 6.04. The molecule has 5 rings (SSSR count). The van der Waals surface area contributed by atoms with Gasteiger partial charge < -0.3 is 10.1 Å². The van der Waals surface area contributed by atoms with E-state index in [-0.39, 0.29) is 47.8 Å². The van der Waals surface area contributed by atoms with E-state index in [1.807, 2.05) is 24.3 Å². The molecule has 2 bridgehead atoms. The first-order valence-electron chi connectivity index (χ1n) is 10.7. The second-order valence-corrected chi connectivity index (χ2v) is 9.51. The summed E-state index contributed by atoms with van der Waals surface area (Å²) in [4.78, 5) is 41.1. The van der Waals surface area contributed by atoms with E-state index in [0.29, 0.717) is 11.4 Å². The Morgan fingerprint density at radius 3 is 2.19 bits per heavy atom. The van der Waals surface area contributed by atoms with Crippen LogP contribution in [0.4, 0.5) is 5.69 Å². The number of hydrogen-bond acceptors (Lipinski definition) is 4. The summed E-state index contributed by atoms with van der Waals surface area (Å²) in [7, 11) is 1.58. The number of rotatable bonds is 6. The number of nitrogens with zero attached hydrogens (tertiary/aromatic N) is 1. The number of imide groups is 1. The monoisotopic (exact) mass is 494 g/mol. The Labute approximate surface area is 194 Å². The zero-order chi connectivity index (χ0) is 22.4. The number of ether oxygens (including phenoxy) is 1. The number of allylic oxidation sites excluding steroid dienone is 2. The summed E-state index contributed by atoms with van der Waals surface area (Å²) in [6.07, 6.45) is 5.02. The van der Waals surface area contributed by atoms with Crippen molar-refractivity contribution in [1.82, 2.24) is 4.90 Å². The molecule has 3 amide bonds. The minimum absolute atomic E-state index is 0.00660. The minimum Gasteiger partial charge on any atom is -0.497 e. The molecule has 2 fully saturated rings. The number of carbonyl (C=O) groups is 3. The average molecular weight is 495 g/mol. The SMILES string of the molecule is COc1ccc(NC(=O)CC(c2ccc(Br)cc2)N2C(=O)C3C4C=CC(C4)C3C2=O)cc1. The highest BCUT2D eigenvalue weighted by Gasteiger charge is 2.60. The summed E-state index contributed by atoms with van der Waals surface area (Å²) in [5.74, 6) is -0.194. The standard InChI is InChI=1S/C25H23BrN2O4/c1-32-19-10-8-18(9-11-19)27-21(29)13-20(14-4-6-17(26)7-5-14)28-24(30)22-15-2-3-16(12-15)23(22)25(28)31/h2-11,15-16,20,22-23H,12-13H2,1H3,(H,27,29). The van der Waals surface area contributed by atoms with Gasteiger partial charge in [0, 0.05) is 10.2 Å². The van der Waals surface area contributed by atoms with Crippen LogP contribution >= 0.6 is 15.9 Å². The van der Waals surface area contributed by atoms with Gasteiger partial charge in [-0.3, -0.25) is 19.3 Å². The first-order chi connectivity index (χ1) is 15.5. The van der Waals surface area contributed by atoms with E-state index in [9.17, 15) is 14.4 Å². The van der Waals surface area contributed by atoms with Gasteiger partial charge in [0.25, 0.3) is 0 Å². The number of carbonyl (C=O) groups excluding carboxylic acids is 3. The number of likely N-dealkylation sites (tertiary alicyclic amines) is 1. The number of hydrogen-bond donors (Lipinski definition) is 1. The Bertz CT molecular complexity index is 1070. The second-order valence-electron chi connectivity index (χ2n) is 8.59. The predicted molar refractivity (Wildman–Crippen MR) is 123 cm³/mol. The number of halogens is 1. The number of nitrogens with one attached hydrogen (secondary N) is 1. The zero-order valence-corrected chi connectivity index (χ0v) is 19.1. The smallest absolute Gasteiger partial charge is 0.234 e. The lowest BCUT2D eigenvalue weighted by Crippen LogP contribution is -2.38. The molecule has 32 heavy (non-hydrogen) atoms. The summed E-state index contributed by atoms with van der Waals surface area (Å²) in [5, 5.41) is 2.87. The van der Waals surface area contributed by atoms with Crippen molar-refractivity contribution in [2.24, 2.45) is 23.7 Å². The quantitative estimate of drug-likeness (QED) is 0.478. The summed E-state index contributed by atoms with van der Waals surface area (Å²) in [6, 6.07) is 13.8. The highest BCUT2D eigenvalue weighted by molar-refractivity contribution is 9.10. The third-order valence-corrected chi connectivity index (χ3v) is 7.35. The molecule has 5 atom stereocenters. The van der Waals surface area contributed by atoms with Gasteiger partial charge in [0.05, 0.1) is 31.4 Å². The van der Waals surface area contributed by atoms with Crippen LogP contribution in [0, 0.1) is 23.7 Å². The van der Waals surface area contributed by atoms with Crippen molar-refractivity contribution in [3.8, 4) is 5.75 Å². The minimum atomic E-state index is -0.647. The molecule has 0 radical (unpaired) electrons. The van der Waals surface area contributed by atoms with Crippen LogP contribution in [0.1, 0.15) is 24.4 Å². The molecule has 1 heterocycles. The maximum absolute atomic E-state index is 13.4. The highest BCUT2D eigenvalue weighted by atomic mass is 79.9. The van der Waals surface area contributed by atoms with Crippen molar-refractivity contribution in [1.29, 1.82) is 0 Å². The lowest BCUT2D eigenvalue weighted by atomic mass is 9.85. The van der Waals surface area contributed by atoms with Crippen molar-refractivity contribution < 1.29 is 19.1 Å². The average Bonchev–Trinajstić information content (AvgIpc) is 3.47. The van der Waals surface area contributed by atoms with Crippen LogP contribution in [-0.4, -0.2) is 29.7 Å². The second kappa shape index (κ2) is 8.20. The fraction of sp³-hybridized carbons (Fsp3) is 0.320. The van der Waals surface area contributed by atoms with Crippen LogP contribution in [-0.2, 0) is 14.4 Å². The van der Waals surface area contributed by atoms with Gasteiger partial charge in [-0.2, -0.15) is 0 Å². The maximum atomic E-state index is 13.4. The van der Waals surface area contributed by atoms with Gasteiger partial charge in [0.15, 0.2) is 0 Å². The number of methoxy groups -OCH3 is 1. The van der Waals surface area contributed by atoms with Gasteiger partial charge in [0.2, 0.25) is 17.7 Å². The van der Waals surface area contributed by atoms with E-state index in [0.717, 1.165) is 16.5 Å². The Morgan fingerprint density at radius 2 is 1.62 bits per heavy atom. The molecule has 164 valence electrons. The van der Waals surface area contributed by atoms with Crippen LogP contribution in [0.25, 0.3) is 0 Å². The van der Waals surface area contributed by atoms with Crippen molar-refractivity contribution in [3.63, 3.8) is 0 Å². The number of amides is 3. The van der Waals surface area contributed by atoms with Gasteiger partial charge in [-0.15, -0.1) is 0 Å². The molecule has 1 N–H and O–H groups in total. The fourth-order valence-corrected chi connectivity index (χ4v) is 5.60. The third kappa shape index (κ3) is 3.54. The molecule has 3 aliphatic rings. The number of benzene rings is 2. The summed E-state index contributed by atoms with van der Waals surface area (Å²) in [6.45, 7) is 0. The van der Waals surface area contributed by atoms with E-state index >= 15 is 0 Å². The molecule has 2 aromatic rings. The molecule has 0 spiro atoms. The van der Waals surface area contributed by atoms with Crippen molar-refractivity contribution in [2.45, 2.75) is 18.9 Å². The Kier molecular flexibility index (Phi) is 5.37. The Morgan fingerprint density at radius 1 is 1.03 bits per heavy atom. The van der Waals surface area contributed by atoms with Crippen LogP contribution < -0.4 is 10.1 Å². The molecule has 7 heteroatoms. The largest absolute Gasteiger partial charge is 0.497 e. The molecule has 2 aliphatic carbocycles. The van der Waals surface area contributed by atoms with Gasteiger partial charge in [-0.1, -0.05) is 40.2 Å². The lowest BCUT2D eigenvalue weighted by Gasteiger charge is -2.28. The van der Waals surface area contributed by atoms with Gasteiger partial charge in [-0.05, 0) is 60.2 Å². The molecular weight excluding hydrogens is 472 g/mol. The van der Waals surface area contributed by atoms with Crippen LogP contribution in [0.2, 0.25) is 0 Å². The Balaban J connectivity index is 1.41. The van der Waals surface area contributed by atoms with Gasteiger partial charge in [-0.25, -0.2) is 0 Å². The summed E-state index contributed by atoms with van der Waals surface area (Å²) in [5.41, 5.74) is 1.39. The molecule has 1 saturated heterocycles. The van der Waals surface area contributed by atoms with Crippen molar-refractivity contribution in [2.75, 3.05) is 12.4 Å². The fourth-order valence-electron chi connectivity index (χ4n) is 5.34. The van der Waals surface area contributed by atoms with E-state index in [1.165, 1.54) is 4.90 Å². The van der Waals surface area contributed by atoms with E-state index in [1.54, 1.807) is 31.4 Å². The zero-order valence-electron chi connectivity index (χ0n) is 17.5. The molecule has 5 unspecified atom stereocenters. The van der Waals surface area contributed by atoms with E-state index in [2.05, 4.69) is 33.4 Å². The molecule has 1 aliphatic heterocycles. The first-order valence-corrected chi connectivity index (χ1v) is 11.5. The Hall–Kier alpha value is -2.93. The lowest BCUT2D eigenvalue weighted by molar-refractivity contribution is -0.144. The van der Waals surface area contributed by atoms with Crippen LogP contribution in [0.15, 0.2) is 65.2 Å². The number of anilines is 1. The van der Waals surface area contributed by atoms with Crippen LogP contribution in [0.3, 0.4) is 0 Å².